The lowest BCUT2D eigenvalue weighted by Crippen LogP contribution is -2.49. The van der Waals surface area contributed by atoms with Crippen LogP contribution in [0.25, 0.3) is 26.7 Å². The van der Waals surface area contributed by atoms with Gasteiger partial charge in [0.2, 0.25) is 17.6 Å². The number of benzene rings is 2. The molecule has 6 unspecified atom stereocenters. The molecule has 6 atom stereocenters. The Morgan fingerprint density at radius 2 is 1.73 bits per heavy atom. The molecule has 0 spiro atoms. The van der Waals surface area contributed by atoms with Crippen LogP contribution in [0.15, 0.2) is 54.1 Å². The summed E-state index contributed by atoms with van der Waals surface area (Å²) in [4.78, 5) is 57.9. The number of carbonyl (C=O) groups excluding carboxylic acids is 4. The van der Waals surface area contributed by atoms with E-state index in [1.54, 1.807) is 49.6 Å². The number of ether oxygens (including phenoxy) is 2. The van der Waals surface area contributed by atoms with E-state index in [1.807, 2.05) is 37.3 Å². The number of methoxy groups -OCH3 is 2. The van der Waals surface area contributed by atoms with Crippen LogP contribution < -0.4 is 14.4 Å². The van der Waals surface area contributed by atoms with Gasteiger partial charge >= 0.3 is 0 Å². The lowest BCUT2D eigenvalue weighted by Gasteiger charge is -2.47. The van der Waals surface area contributed by atoms with Crippen molar-refractivity contribution in [2.45, 2.75) is 26.7 Å². The Morgan fingerprint density at radius 1 is 1.02 bits per heavy atom. The Morgan fingerprint density at radius 3 is 2.42 bits per heavy atom. The summed E-state index contributed by atoms with van der Waals surface area (Å²) in [6, 6.07) is 10.7. The van der Waals surface area contributed by atoms with Gasteiger partial charge in [0, 0.05) is 28.8 Å². The van der Waals surface area contributed by atoms with Crippen molar-refractivity contribution in [3.63, 3.8) is 0 Å². The fourth-order valence-corrected chi connectivity index (χ4v) is 10.2. The maximum absolute atomic E-state index is 14.9. The number of fused-ring (bicyclic) bond motifs is 5. The van der Waals surface area contributed by atoms with Crippen molar-refractivity contribution in [1.82, 2.24) is 14.8 Å². The molecule has 14 heteroatoms. The number of phenolic OH excluding ortho intramolecular Hbond substituents is 1. The van der Waals surface area contributed by atoms with Crippen LogP contribution in [-0.4, -0.2) is 63.0 Å². The second-order valence-electron chi connectivity index (χ2n) is 14.0. The number of rotatable bonds is 6. The number of carbonyl (C=O) groups is 4. The quantitative estimate of drug-likeness (QED) is 0.135. The summed E-state index contributed by atoms with van der Waals surface area (Å²) in [5, 5.41) is 27.4. The number of amides is 4. The van der Waals surface area contributed by atoms with Gasteiger partial charge in [-0.1, -0.05) is 35.4 Å². The number of hydroxylamine groups is 2. The molecule has 2 aromatic heterocycles. The molecule has 2 aromatic carbocycles. The molecule has 0 bridgehead atoms. The number of phenols is 1. The number of anilines is 1. The zero-order chi connectivity index (χ0) is 37.0. The zero-order valence-corrected chi connectivity index (χ0v) is 30.5. The number of hydrogen-bond donors (Lipinski definition) is 2. The van der Waals surface area contributed by atoms with Crippen molar-refractivity contribution in [2.24, 2.45) is 42.1 Å². The number of aromatic nitrogens is 2. The molecular formula is C38H35ClN4O8S. The third-order valence-electron chi connectivity index (χ3n) is 11.5. The first kappa shape index (κ1) is 34.1. The van der Waals surface area contributed by atoms with Gasteiger partial charge in [-0.3, -0.25) is 29.1 Å². The molecule has 4 aromatic rings. The van der Waals surface area contributed by atoms with Crippen LogP contribution in [0.2, 0.25) is 5.02 Å². The van der Waals surface area contributed by atoms with Crippen LogP contribution in [0.3, 0.4) is 0 Å². The van der Waals surface area contributed by atoms with Crippen LogP contribution >= 0.6 is 22.9 Å². The molecule has 2 saturated heterocycles. The second-order valence-corrected chi connectivity index (χ2v) is 15.5. The summed E-state index contributed by atoms with van der Waals surface area (Å²) in [7, 11) is 4.54. The fraction of sp³-hybridized carbons (Fsp3) is 0.342. The summed E-state index contributed by atoms with van der Waals surface area (Å²) in [6.07, 6.45) is 5.85. The van der Waals surface area contributed by atoms with E-state index in [1.165, 1.54) is 23.8 Å². The van der Waals surface area contributed by atoms with Crippen LogP contribution in [0.1, 0.15) is 30.9 Å². The predicted molar refractivity (Wildman–Crippen MR) is 193 cm³/mol. The number of imide groups is 2. The zero-order valence-electron chi connectivity index (χ0n) is 28.9. The Kier molecular flexibility index (Phi) is 7.90. The van der Waals surface area contributed by atoms with Crippen LogP contribution in [0, 0.1) is 41.9 Å². The van der Waals surface area contributed by atoms with Gasteiger partial charge in [0.25, 0.3) is 11.8 Å². The lowest BCUT2D eigenvalue weighted by molar-refractivity contribution is -0.173. The van der Waals surface area contributed by atoms with E-state index in [2.05, 4.69) is 0 Å². The number of aryl methyl sites for hydroxylation is 2. The number of nitrogens with zero attached hydrogens (tertiary/aromatic N) is 4. The van der Waals surface area contributed by atoms with E-state index in [0.29, 0.717) is 22.1 Å². The highest BCUT2D eigenvalue weighted by molar-refractivity contribution is 7.22. The number of halogens is 1. The molecule has 4 heterocycles. The summed E-state index contributed by atoms with van der Waals surface area (Å²) < 4.78 is 13.3. The summed E-state index contributed by atoms with van der Waals surface area (Å²) in [5.41, 5.74) is 1.67. The minimum Gasteiger partial charge on any atom is -0.502 e. The maximum atomic E-state index is 14.9. The molecule has 52 heavy (non-hydrogen) atoms. The predicted octanol–water partition coefficient (Wildman–Crippen LogP) is 6.15. The standard InChI is InChI=1S/C38H35ClN4O8S/c1-17-22-14-19(39)7-11-29(22)52-33(17)26-16-30(41(3)40-26)42-35(46)25-15-23-20(8-9-21-31(23)36(47)43(49)34(21)45)24(38(25,2)37(42)48)10-6-18-12-27(50-4)32(44)28(13-18)51-5/h6-8,10-14,16,21,23-25,31,44,49H,9,15H2,1-5H3. The number of allylic oxidation sites excluding steroid dienone is 3. The van der Waals surface area contributed by atoms with Crippen molar-refractivity contribution in [3.8, 4) is 27.8 Å². The monoisotopic (exact) mass is 742 g/mol. The molecule has 4 amide bonds. The van der Waals surface area contributed by atoms with Gasteiger partial charge in [-0.2, -0.15) is 10.2 Å². The molecule has 1 saturated carbocycles. The molecule has 8 rings (SSSR count). The molecule has 12 nitrogen and oxygen atoms in total. The Bertz CT molecular complexity index is 2280. The van der Waals surface area contributed by atoms with Crippen molar-refractivity contribution >= 4 is 68.5 Å². The largest absolute Gasteiger partial charge is 0.502 e. The minimum atomic E-state index is -1.28. The van der Waals surface area contributed by atoms with Crippen molar-refractivity contribution in [3.05, 3.63) is 70.3 Å². The third-order valence-corrected chi connectivity index (χ3v) is 13.1. The van der Waals surface area contributed by atoms with E-state index < -0.39 is 58.6 Å². The number of aromatic hydroxyl groups is 1. The topological polar surface area (TPSA) is 151 Å². The number of hydrogen-bond acceptors (Lipinski definition) is 10. The van der Waals surface area contributed by atoms with Crippen LogP contribution in [-0.2, 0) is 26.2 Å². The highest BCUT2D eigenvalue weighted by atomic mass is 35.5. The van der Waals surface area contributed by atoms with Gasteiger partial charge < -0.3 is 14.6 Å². The van der Waals surface area contributed by atoms with Crippen LogP contribution in [0.5, 0.6) is 17.2 Å². The summed E-state index contributed by atoms with van der Waals surface area (Å²) in [5.74, 6) is -5.41. The van der Waals surface area contributed by atoms with E-state index in [-0.39, 0.29) is 35.2 Å². The van der Waals surface area contributed by atoms with Gasteiger partial charge in [0.15, 0.2) is 11.5 Å². The molecule has 0 radical (unpaired) electrons. The molecule has 2 aliphatic heterocycles. The Balaban J connectivity index is 1.23. The smallest absolute Gasteiger partial charge is 0.257 e. The Labute approximate surface area is 307 Å². The molecular weight excluding hydrogens is 708 g/mol. The maximum Gasteiger partial charge on any atom is 0.257 e. The molecule has 3 fully saturated rings. The molecule has 2 N–H and O–H groups in total. The fourth-order valence-electron chi connectivity index (χ4n) is 8.85. The average Bonchev–Trinajstić information content (AvgIpc) is 3.79. The second kappa shape index (κ2) is 12.0. The van der Waals surface area contributed by atoms with E-state index >= 15 is 0 Å². The van der Waals surface area contributed by atoms with Crippen molar-refractivity contribution in [2.75, 3.05) is 19.1 Å². The Hall–Kier alpha value is -4.98. The van der Waals surface area contributed by atoms with Crippen molar-refractivity contribution < 1.29 is 39.0 Å². The van der Waals surface area contributed by atoms with E-state index in [0.717, 1.165) is 26.1 Å². The number of thiophene rings is 1. The SMILES string of the molecule is COc1cc(C=CC2C3=CCC4C(=O)N(O)C(=O)C4C3CC3C(=O)N(c4cc(-c5sc6ccc(Cl)cc6c5C)nn4C)C(=O)C23C)cc(OC)c1O. The van der Waals surface area contributed by atoms with Gasteiger partial charge in [-0.15, -0.1) is 11.3 Å². The average molecular weight is 743 g/mol. The first-order chi connectivity index (χ1) is 24.8. The molecule has 268 valence electrons. The van der Waals surface area contributed by atoms with Gasteiger partial charge in [0.1, 0.15) is 11.5 Å². The highest BCUT2D eigenvalue weighted by Gasteiger charge is 2.67. The van der Waals surface area contributed by atoms with Gasteiger partial charge in [0.05, 0.1) is 42.3 Å². The third kappa shape index (κ3) is 4.72. The van der Waals surface area contributed by atoms with E-state index in [4.69, 9.17) is 26.2 Å². The first-order valence-electron chi connectivity index (χ1n) is 16.8. The van der Waals surface area contributed by atoms with E-state index in [9.17, 15) is 29.5 Å². The lowest BCUT2D eigenvalue weighted by atomic mass is 9.52. The minimum absolute atomic E-state index is 0.142. The normalized spacial score (nSPS) is 27.1. The van der Waals surface area contributed by atoms with Crippen molar-refractivity contribution in [1.29, 1.82) is 0 Å². The van der Waals surface area contributed by atoms with Gasteiger partial charge in [-0.25, -0.2) is 4.90 Å². The molecule has 4 aliphatic rings. The summed E-state index contributed by atoms with van der Waals surface area (Å²) >= 11 is 7.84. The molecule has 2 aliphatic carbocycles. The highest BCUT2D eigenvalue weighted by Crippen LogP contribution is 2.61. The summed E-state index contributed by atoms with van der Waals surface area (Å²) in [6.45, 7) is 3.77. The first-order valence-corrected chi connectivity index (χ1v) is 18.0. The van der Waals surface area contributed by atoms with Gasteiger partial charge in [-0.05, 0) is 79.5 Å². The van der Waals surface area contributed by atoms with Crippen LogP contribution in [0.4, 0.5) is 5.82 Å².